The average Bonchev–Trinajstić information content (AvgIpc) is 2.38. The first-order chi connectivity index (χ1) is 9.22. The summed E-state index contributed by atoms with van der Waals surface area (Å²) >= 11 is 0. The van der Waals surface area contributed by atoms with Crippen LogP contribution in [0.4, 0.5) is 0 Å². The summed E-state index contributed by atoms with van der Waals surface area (Å²) in [5.41, 5.74) is 1.67. The molecule has 1 aliphatic heterocycles. The Hall–Kier alpha value is -1.35. The number of carbonyl (C=O) groups is 1. The molecule has 2 aliphatic rings. The molecule has 0 atom stereocenters. The van der Waals surface area contributed by atoms with Crippen molar-refractivity contribution in [2.75, 3.05) is 13.2 Å². The Morgan fingerprint density at radius 1 is 1.26 bits per heavy atom. The molecule has 3 nitrogen and oxygen atoms in total. The van der Waals surface area contributed by atoms with Crippen LogP contribution >= 0.6 is 0 Å². The number of benzene rings is 1. The van der Waals surface area contributed by atoms with Crippen molar-refractivity contribution in [1.82, 2.24) is 0 Å². The van der Waals surface area contributed by atoms with Gasteiger partial charge in [0, 0.05) is 13.2 Å². The molecule has 1 aromatic rings. The van der Waals surface area contributed by atoms with Gasteiger partial charge < -0.3 is 9.84 Å². The summed E-state index contributed by atoms with van der Waals surface area (Å²) in [6, 6.07) is 8.26. The molecule has 1 saturated heterocycles. The van der Waals surface area contributed by atoms with Crippen LogP contribution in [-0.4, -0.2) is 24.3 Å². The molecule has 3 heteroatoms. The van der Waals surface area contributed by atoms with Gasteiger partial charge in [-0.2, -0.15) is 0 Å². The van der Waals surface area contributed by atoms with E-state index in [1.165, 1.54) is 5.56 Å². The first-order valence-corrected chi connectivity index (χ1v) is 7.14. The zero-order chi connectivity index (χ0) is 13.3. The van der Waals surface area contributed by atoms with Gasteiger partial charge in [0.15, 0.2) is 0 Å². The molecule has 2 fully saturated rings. The molecule has 19 heavy (non-hydrogen) atoms. The van der Waals surface area contributed by atoms with Crippen LogP contribution in [0.5, 0.6) is 0 Å². The summed E-state index contributed by atoms with van der Waals surface area (Å²) < 4.78 is 5.40. The maximum Gasteiger partial charge on any atom is 0.314 e. The quantitative estimate of drug-likeness (QED) is 0.908. The summed E-state index contributed by atoms with van der Waals surface area (Å²) in [4.78, 5) is 11.6. The third-order valence-corrected chi connectivity index (χ3v) is 4.75. The van der Waals surface area contributed by atoms with Crippen molar-refractivity contribution >= 4 is 5.97 Å². The number of hydrogen-bond acceptors (Lipinski definition) is 2. The molecule has 0 unspecified atom stereocenters. The molecule has 3 rings (SSSR count). The number of carboxylic acid groups (broad SMARTS) is 1. The number of aliphatic carboxylic acids is 1. The van der Waals surface area contributed by atoms with E-state index in [9.17, 15) is 9.90 Å². The van der Waals surface area contributed by atoms with Crippen LogP contribution in [-0.2, 0) is 14.9 Å². The molecule has 0 amide bonds. The summed E-state index contributed by atoms with van der Waals surface area (Å²) in [5, 5.41) is 9.52. The molecule has 0 aromatic heterocycles. The van der Waals surface area contributed by atoms with E-state index in [0.717, 1.165) is 50.9 Å². The highest BCUT2D eigenvalue weighted by Gasteiger charge is 2.46. The minimum atomic E-state index is -0.664. The van der Waals surface area contributed by atoms with E-state index in [0.29, 0.717) is 5.92 Å². The van der Waals surface area contributed by atoms with Gasteiger partial charge in [-0.05, 0) is 42.7 Å². The fraction of sp³-hybridized carbons (Fsp3) is 0.562. The van der Waals surface area contributed by atoms with Crippen LogP contribution in [0.15, 0.2) is 24.3 Å². The van der Waals surface area contributed by atoms with Crippen LogP contribution < -0.4 is 0 Å². The lowest BCUT2D eigenvalue weighted by Gasteiger charge is -2.38. The van der Waals surface area contributed by atoms with E-state index in [2.05, 4.69) is 12.1 Å². The lowest BCUT2D eigenvalue weighted by atomic mass is 9.64. The van der Waals surface area contributed by atoms with Gasteiger partial charge in [-0.25, -0.2) is 0 Å². The lowest BCUT2D eigenvalue weighted by molar-refractivity contribution is -0.147. The molecular formula is C16H20O3. The smallest absolute Gasteiger partial charge is 0.314 e. The van der Waals surface area contributed by atoms with Gasteiger partial charge in [0.05, 0.1) is 5.41 Å². The van der Waals surface area contributed by atoms with Gasteiger partial charge in [-0.15, -0.1) is 0 Å². The fourth-order valence-electron chi connectivity index (χ4n) is 3.28. The third kappa shape index (κ3) is 2.16. The Morgan fingerprint density at radius 2 is 2.00 bits per heavy atom. The summed E-state index contributed by atoms with van der Waals surface area (Å²) in [7, 11) is 0. The second kappa shape index (κ2) is 4.97. The molecule has 1 saturated carbocycles. The number of rotatable bonds is 3. The molecule has 0 radical (unpaired) electrons. The number of carboxylic acids is 1. The van der Waals surface area contributed by atoms with Crippen molar-refractivity contribution in [3.8, 4) is 0 Å². The van der Waals surface area contributed by atoms with Crippen LogP contribution in [0.1, 0.15) is 49.1 Å². The molecule has 1 N–H and O–H groups in total. The van der Waals surface area contributed by atoms with Gasteiger partial charge in [0.1, 0.15) is 0 Å². The second-order valence-corrected chi connectivity index (χ2v) is 5.75. The van der Waals surface area contributed by atoms with Crippen molar-refractivity contribution in [3.05, 3.63) is 35.4 Å². The minimum absolute atomic E-state index is 0.527. The zero-order valence-corrected chi connectivity index (χ0v) is 11.1. The lowest BCUT2D eigenvalue weighted by Crippen LogP contribution is -2.42. The zero-order valence-electron chi connectivity index (χ0n) is 11.1. The SMILES string of the molecule is O=C(O)C1(c2cccc(C3CCOCC3)c2)CCC1. The molecule has 1 aliphatic carbocycles. The highest BCUT2D eigenvalue weighted by atomic mass is 16.5. The Kier molecular flexibility index (Phi) is 3.31. The van der Waals surface area contributed by atoms with Crippen molar-refractivity contribution in [2.45, 2.75) is 43.4 Å². The van der Waals surface area contributed by atoms with Crippen molar-refractivity contribution in [3.63, 3.8) is 0 Å². The van der Waals surface area contributed by atoms with Crippen LogP contribution in [0, 0.1) is 0 Å². The van der Waals surface area contributed by atoms with Crippen LogP contribution in [0.2, 0.25) is 0 Å². The van der Waals surface area contributed by atoms with Crippen LogP contribution in [0.25, 0.3) is 0 Å². The van der Waals surface area contributed by atoms with E-state index in [1.807, 2.05) is 12.1 Å². The third-order valence-electron chi connectivity index (χ3n) is 4.75. The molecule has 1 aromatic carbocycles. The van der Waals surface area contributed by atoms with Gasteiger partial charge in [-0.3, -0.25) is 4.79 Å². The van der Waals surface area contributed by atoms with Crippen molar-refractivity contribution < 1.29 is 14.6 Å². The minimum Gasteiger partial charge on any atom is -0.481 e. The standard InChI is InChI=1S/C16H20O3/c17-15(18)16(7-2-8-16)14-4-1-3-13(11-14)12-5-9-19-10-6-12/h1,3-4,11-12H,2,5-10H2,(H,17,18). The highest BCUT2D eigenvalue weighted by molar-refractivity contribution is 5.82. The van der Waals surface area contributed by atoms with Crippen molar-refractivity contribution in [1.29, 1.82) is 0 Å². The van der Waals surface area contributed by atoms with Crippen LogP contribution in [0.3, 0.4) is 0 Å². The molecule has 102 valence electrons. The number of hydrogen-bond donors (Lipinski definition) is 1. The summed E-state index contributed by atoms with van der Waals surface area (Å²) in [5.74, 6) is -0.137. The Labute approximate surface area is 113 Å². The normalized spacial score (nSPS) is 22.7. The first kappa shape index (κ1) is 12.7. The average molecular weight is 260 g/mol. The Morgan fingerprint density at radius 3 is 2.58 bits per heavy atom. The van der Waals surface area contributed by atoms with E-state index >= 15 is 0 Å². The highest BCUT2D eigenvalue weighted by Crippen LogP contribution is 2.44. The van der Waals surface area contributed by atoms with E-state index in [-0.39, 0.29) is 0 Å². The maximum absolute atomic E-state index is 11.6. The van der Waals surface area contributed by atoms with Gasteiger partial charge >= 0.3 is 5.97 Å². The van der Waals surface area contributed by atoms with Gasteiger partial charge in [0.25, 0.3) is 0 Å². The molecule has 0 bridgehead atoms. The van der Waals surface area contributed by atoms with Crippen molar-refractivity contribution in [2.24, 2.45) is 0 Å². The number of ether oxygens (including phenoxy) is 1. The predicted molar refractivity (Wildman–Crippen MR) is 72.4 cm³/mol. The summed E-state index contributed by atoms with van der Waals surface area (Å²) in [6.07, 6.45) is 4.67. The van der Waals surface area contributed by atoms with E-state index in [4.69, 9.17) is 4.74 Å². The molecule has 1 heterocycles. The largest absolute Gasteiger partial charge is 0.481 e. The Balaban J connectivity index is 1.89. The fourth-order valence-corrected chi connectivity index (χ4v) is 3.28. The molecule has 0 spiro atoms. The first-order valence-electron chi connectivity index (χ1n) is 7.14. The molecular weight excluding hydrogens is 240 g/mol. The predicted octanol–water partition coefficient (Wildman–Crippen LogP) is 3.09. The second-order valence-electron chi connectivity index (χ2n) is 5.75. The van der Waals surface area contributed by atoms with E-state index < -0.39 is 11.4 Å². The summed E-state index contributed by atoms with van der Waals surface area (Å²) in [6.45, 7) is 1.64. The van der Waals surface area contributed by atoms with Gasteiger partial charge in [-0.1, -0.05) is 30.7 Å². The van der Waals surface area contributed by atoms with E-state index in [1.54, 1.807) is 0 Å². The monoisotopic (exact) mass is 260 g/mol. The maximum atomic E-state index is 11.6. The van der Waals surface area contributed by atoms with Gasteiger partial charge in [0.2, 0.25) is 0 Å². The topological polar surface area (TPSA) is 46.5 Å². The Bertz CT molecular complexity index is 471.